The minimum Gasteiger partial charge on any atom is -0.377 e. The van der Waals surface area contributed by atoms with Crippen molar-refractivity contribution in [3.8, 4) is 0 Å². The van der Waals surface area contributed by atoms with Gasteiger partial charge in [-0.05, 0) is 17.7 Å². The molecule has 1 fully saturated rings. The molecule has 1 atom stereocenters. The molecule has 1 aliphatic rings. The summed E-state index contributed by atoms with van der Waals surface area (Å²) in [7, 11) is 1.54. The Kier molecular flexibility index (Phi) is 5.13. The van der Waals surface area contributed by atoms with E-state index in [1.54, 1.807) is 6.07 Å². The zero-order valence-electron chi connectivity index (χ0n) is 12.0. The maximum Gasteiger partial charge on any atom is 0.322 e. The van der Waals surface area contributed by atoms with Gasteiger partial charge in [0.05, 0.1) is 13.2 Å². The molecule has 1 unspecified atom stereocenters. The van der Waals surface area contributed by atoms with E-state index in [4.69, 9.17) is 10.5 Å². The van der Waals surface area contributed by atoms with E-state index in [2.05, 4.69) is 10.6 Å². The number of morpholine rings is 1. The molecule has 1 aromatic rings. The summed E-state index contributed by atoms with van der Waals surface area (Å²) in [6.07, 6.45) is 0. The highest BCUT2D eigenvalue weighted by atomic mass is 16.5. The number of nitrogens with zero attached hydrogens (tertiary/aromatic N) is 1. The highest BCUT2D eigenvalue weighted by molar-refractivity contribution is 5.94. The summed E-state index contributed by atoms with van der Waals surface area (Å²) in [5.74, 6) is -0.236. The van der Waals surface area contributed by atoms with E-state index in [1.807, 2.05) is 18.2 Å². The number of urea groups is 1. The molecule has 7 nitrogen and oxygen atoms in total. The minimum atomic E-state index is -0.610. The van der Waals surface area contributed by atoms with Gasteiger partial charge in [-0.25, -0.2) is 4.79 Å². The van der Waals surface area contributed by atoms with E-state index in [0.717, 1.165) is 5.56 Å². The molecule has 0 saturated carbocycles. The molecule has 1 aliphatic heterocycles. The van der Waals surface area contributed by atoms with E-state index in [0.29, 0.717) is 25.4 Å². The molecule has 0 aromatic heterocycles. The zero-order chi connectivity index (χ0) is 15.2. The Morgan fingerprint density at radius 1 is 1.48 bits per heavy atom. The van der Waals surface area contributed by atoms with Crippen molar-refractivity contribution in [2.24, 2.45) is 5.73 Å². The molecule has 0 radical (unpaired) electrons. The smallest absolute Gasteiger partial charge is 0.322 e. The fourth-order valence-corrected chi connectivity index (χ4v) is 2.20. The van der Waals surface area contributed by atoms with Crippen LogP contribution in [0.15, 0.2) is 24.3 Å². The van der Waals surface area contributed by atoms with Gasteiger partial charge < -0.3 is 26.0 Å². The van der Waals surface area contributed by atoms with Crippen molar-refractivity contribution in [1.29, 1.82) is 0 Å². The maximum atomic E-state index is 12.3. The van der Waals surface area contributed by atoms with E-state index in [9.17, 15) is 9.59 Å². The molecule has 0 bridgehead atoms. The summed E-state index contributed by atoms with van der Waals surface area (Å²) in [5.41, 5.74) is 7.17. The number of likely N-dealkylation sites (N-methyl/N-ethyl adjacent to an activating group) is 1. The van der Waals surface area contributed by atoms with Gasteiger partial charge in [-0.3, -0.25) is 4.79 Å². The van der Waals surface area contributed by atoms with Crippen LogP contribution in [0.2, 0.25) is 0 Å². The zero-order valence-corrected chi connectivity index (χ0v) is 12.0. The summed E-state index contributed by atoms with van der Waals surface area (Å²) in [6, 6.07) is 6.38. The number of ether oxygens (including phenoxy) is 1. The third kappa shape index (κ3) is 3.71. The molecule has 7 heteroatoms. The Morgan fingerprint density at radius 2 is 2.29 bits per heavy atom. The second kappa shape index (κ2) is 7.05. The van der Waals surface area contributed by atoms with Crippen LogP contribution < -0.4 is 16.4 Å². The van der Waals surface area contributed by atoms with Gasteiger partial charge in [0.2, 0.25) is 5.91 Å². The molecular formula is C14H20N4O3. The van der Waals surface area contributed by atoms with Gasteiger partial charge in [-0.2, -0.15) is 0 Å². The molecular weight excluding hydrogens is 272 g/mol. The number of nitrogens with one attached hydrogen (secondary N) is 2. The lowest BCUT2D eigenvalue weighted by molar-refractivity contribution is -0.129. The van der Waals surface area contributed by atoms with Crippen LogP contribution in [0.25, 0.3) is 0 Å². The molecule has 114 valence electrons. The molecule has 4 N–H and O–H groups in total. The first-order valence-corrected chi connectivity index (χ1v) is 6.81. The fourth-order valence-electron chi connectivity index (χ4n) is 2.20. The van der Waals surface area contributed by atoms with E-state index < -0.39 is 6.04 Å². The highest BCUT2D eigenvalue weighted by Crippen LogP contribution is 2.14. The summed E-state index contributed by atoms with van der Waals surface area (Å²) in [6.45, 7) is 1.41. The van der Waals surface area contributed by atoms with Crippen molar-refractivity contribution in [3.05, 3.63) is 29.8 Å². The first-order chi connectivity index (χ1) is 10.2. The van der Waals surface area contributed by atoms with Gasteiger partial charge in [0.25, 0.3) is 0 Å². The van der Waals surface area contributed by atoms with Crippen LogP contribution >= 0.6 is 0 Å². The normalized spacial score (nSPS) is 18.2. The van der Waals surface area contributed by atoms with Crippen LogP contribution in [-0.2, 0) is 16.1 Å². The van der Waals surface area contributed by atoms with Gasteiger partial charge in [0.15, 0.2) is 0 Å². The van der Waals surface area contributed by atoms with Crippen LogP contribution in [-0.4, -0.2) is 49.7 Å². The summed E-state index contributed by atoms with van der Waals surface area (Å²) < 4.78 is 5.27. The fraction of sp³-hybridized carbons (Fsp3) is 0.429. The van der Waals surface area contributed by atoms with Gasteiger partial charge in [-0.15, -0.1) is 0 Å². The Morgan fingerprint density at radius 3 is 3.00 bits per heavy atom. The third-order valence-electron chi connectivity index (χ3n) is 3.35. The van der Waals surface area contributed by atoms with Crippen LogP contribution in [0.1, 0.15) is 5.56 Å². The summed E-state index contributed by atoms with van der Waals surface area (Å²) in [5, 5.41) is 5.34. The number of anilines is 1. The Labute approximate surface area is 123 Å². The van der Waals surface area contributed by atoms with Crippen LogP contribution in [0.5, 0.6) is 0 Å². The van der Waals surface area contributed by atoms with Crippen LogP contribution in [0.3, 0.4) is 0 Å². The van der Waals surface area contributed by atoms with Gasteiger partial charge >= 0.3 is 6.03 Å². The van der Waals surface area contributed by atoms with E-state index in [-0.39, 0.29) is 18.5 Å². The molecule has 0 spiro atoms. The lowest BCUT2D eigenvalue weighted by Crippen LogP contribution is -2.56. The van der Waals surface area contributed by atoms with Crippen LogP contribution in [0, 0.1) is 0 Å². The molecule has 3 amide bonds. The van der Waals surface area contributed by atoms with Gasteiger partial charge in [0.1, 0.15) is 6.04 Å². The van der Waals surface area contributed by atoms with Crippen molar-refractivity contribution in [2.75, 3.05) is 32.1 Å². The lowest BCUT2D eigenvalue weighted by atomic mass is 10.2. The van der Waals surface area contributed by atoms with Gasteiger partial charge in [0, 0.05) is 25.8 Å². The molecule has 1 heterocycles. The quantitative estimate of drug-likeness (QED) is 0.737. The van der Waals surface area contributed by atoms with E-state index >= 15 is 0 Å². The Bertz CT molecular complexity index is 521. The number of nitrogens with two attached hydrogens (primary N) is 1. The third-order valence-corrected chi connectivity index (χ3v) is 3.35. The second-order valence-corrected chi connectivity index (χ2v) is 4.73. The lowest BCUT2D eigenvalue weighted by Gasteiger charge is -2.34. The standard InChI is InChI=1S/C14H20N4O3/c1-16-13(19)12-9-21-6-5-18(12)14(20)17-11-4-2-3-10(7-11)8-15/h2-4,7,12H,5-6,8-9,15H2,1H3,(H,16,19)(H,17,20). The topological polar surface area (TPSA) is 96.7 Å². The number of carbonyl (C=O) groups is 2. The monoisotopic (exact) mass is 292 g/mol. The van der Waals surface area contributed by atoms with Gasteiger partial charge in [-0.1, -0.05) is 12.1 Å². The SMILES string of the molecule is CNC(=O)C1COCCN1C(=O)Nc1cccc(CN)c1. The predicted octanol–water partition coefficient (Wildman–Crippen LogP) is 0.124. The Balaban J connectivity index is 2.08. The number of benzene rings is 1. The molecule has 0 aliphatic carbocycles. The van der Waals surface area contributed by atoms with Crippen molar-refractivity contribution in [3.63, 3.8) is 0 Å². The Hall–Kier alpha value is -2.12. The predicted molar refractivity (Wildman–Crippen MR) is 78.7 cm³/mol. The van der Waals surface area contributed by atoms with Crippen molar-refractivity contribution in [2.45, 2.75) is 12.6 Å². The molecule has 2 rings (SSSR count). The summed E-state index contributed by atoms with van der Waals surface area (Å²) in [4.78, 5) is 25.6. The number of hydrogen-bond acceptors (Lipinski definition) is 4. The van der Waals surface area contributed by atoms with Crippen molar-refractivity contribution in [1.82, 2.24) is 10.2 Å². The first kappa shape index (κ1) is 15.3. The minimum absolute atomic E-state index is 0.204. The van der Waals surface area contributed by atoms with Crippen molar-refractivity contribution >= 4 is 17.6 Å². The number of hydrogen-bond donors (Lipinski definition) is 3. The largest absolute Gasteiger partial charge is 0.377 e. The average molecular weight is 292 g/mol. The number of amides is 3. The maximum absolute atomic E-state index is 12.3. The second-order valence-electron chi connectivity index (χ2n) is 4.73. The average Bonchev–Trinajstić information content (AvgIpc) is 2.54. The number of rotatable bonds is 3. The first-order valence-electron chi connectivity index (χ1n) is 6.81. The molecule has 21 heavy (non-hydrogen) atoms. The summed E-state index contributed by atoms with van der Waals surface area (Å²) >= 11 is 0. The van der Waals surface area contributed by atoms with Crippen LogP contribution in [0.4, 0.5) is 10.5 Å². The number of carbonyl (C=O) groups excluding carboxylic acids is 2. The molecule has 1 aromatic carbocycles. The van der Waals surface area contributed by atoms with Crippen molar-refractivity contribution < 1.29 is 14.3 Å². The van der Waals surface area contributed by atoms with E-state index in [1.165, 1.54) is 11.9 Å². The molecule has 1 saturated heterocycles. The highest BCUT2D eigenvalue weighted by Gasteiger charge is 2.32.